The third-order valence-corrected chi connectivity index (χ3v) is 4.83. The van der Waals surface area contributed by atoms with E-state index in [1.807, 2.05) is 49.4 Å². The van der Waals surface area contributed by atoms with E-state index in [2.05, 4.69) is 25.5 Å². The van der Waals surface area contributed by atoms with Gasteiger partial charge in [0.1, 0.15) is 5.82 Å². The average Bonchev–Trinajstić information content (AvgIpc) is 3.07. The molecule has 1 atom stereocenters. The van der Waals surface area contributed by atoms with Crippen molar-refractivity contribution in [3.05, 3.63) is 53.9 Å². The summed E-state index contributed by atoms with van der Waals surface area (Å²) in [6.07, 6.45) is 1.88. The van der Waals surface area contributed by atoms with Gasteiger partial charge in [0.15, 0.2) is 11.5 Å². The van der Waals surface area contributed by atoms with Crippen molar-refractivity contribution in [3.63, 3.8) is 0 Å². The van der Waals surface area contributed by atoms with E-state index in [1.165, 1.54) is 0 Å². The maximum atomic E-state index is 12.6. The predicted molar refractivity (Wildman–Crippen MR) is 98.7 cm³/mol. The lowest BCUT2D eigenvalue weighted by Gasteiger charge is -2.32. The minimum Gasteiger partial charge on any atom is -0.354 e. The van der Waals surface area contributed by atoms with Crippen molar-refractivity contribution in [1.82, 2.24) is 25.1 Å². The van der Waals surface area contributed by atoms with Crippen LogP contribution in [0.2, 0.25) is 0 Å². The molecule has 1 N–H and O–H groups in total. The van der Waals surface area contributed by atoms with E-state index in [-0.39, 0.29) is 11.8 Å². The van der Waals surface area contributed by atoms with E-state index in [9.17, 15) is 4.79 Å². The van der Waals surface area contributed by atoms with Crippen molar-refractivity contribution in [1.29, 1.82) is 0 Å². The topological polar surface area (TPSA) is 75.4 Å². The van der Waals surface area contributed by atoms with Gasteiger partial charge < -0.3 is 10.2 Å². The van der Waals surface area contributed by atoms with Gasteiger partial charge in [-0.15, -0.1) is 15.3 Å². The summed E-state index contributed by atoms with van der Waals surface area (Å²) in [6.45, 7) is 4.04. The summed E-state index contributed by atoms with van der Waals surface area (Å²) in [5, 5.41) is 15.8. The molecule has 0 aliphatic carbocycles. The number of fused-ring (bicyclic) bond motifs is 1. The largest absolute Gasteiger partial charge is 0.354 e. The van der Waals surface area contributed by atoms with Crippen molar-refractivity contribution in [3.8, 4) is 0 Å². The molecule has 2 aromatic heterocycles. The molecule has 1 saturated heterocycles. The SMILES string of the molecule is Cc1nnc2ccc(N3CCCC(C(=O)NCc4ccccc4)C3)nn12. The summed E-state index contributed by atoms with van der Waals surface area (Å²) in [5.41, 5.74) is 1.85. The van der Waals surface area contributed by atoms with Gasteiger partial charge >= 0.3 is 0 Å². The summed E-state index contributed by atoms with van der Waals surface area (Å²) < 4.78 is 1.74. The van der Waals surface area contributed by atoms with Crippen molar-refractivity contribution in [2.75, 3.05) is 18.0 Å². The molecule has 0 saturated carbocycles. The molecular formula is C19H22N6O. The van der Waals surface area contributed by atoms with Gasteiger partial charge in [-0.1, -0.05) is 30.3 Å². The van der Waals surface area contributed by atoms with Crippen LogP contribution in [-0.2, 0) is 11.3 Å². The molecule has 0 spiro atoms. The van der Waals surface area contributed by atoms with Gasteiger partial charge in [-0.3, -0.25) is 4.79 Å². The first-order valence-corrected chi connectivity index (χ1v) is 8.96. The lowest BCUT2D eigenvalue weighted by atomic mass is 9.97. The van der Waals surface area contributed by atoms with Gasteiger partial charge in [0.25, 0.3) is 0 Å². The number of nitrogens with one attached hydrogen (secondary N) is 1. The van der Waals surface area contributed by atoms with Crippen LogP contribution in [0.4, 0.5) is 5.82 Å². The zero-order chi connectivity index (χ0) is 17.9. The van der Waals surface area contributed by atoms with E-state index < -0.39 is 0 Å². The van der Waals surface area contributed by atoms with Crippen molar-refractivity contribution < 1.29 is 4.79 Å². The minimum absolute atomic E-state index is 0.0213. The number of carbonyl (C=O) groups is 1. The van der Waals surface area contributed by atoms with Crippen LogP contribution in [0.1, 0.15) is 24.2 Å². The molecule has 1 amide bonds. The Morgan fingerprint density at radius 3 is 2.88 bits per heavy atom. The van der Waals surface area contributed by atoms with Crippen molar-refractivity contribution in [2.45, 2.75) is 26.3 Å². The molecule has 1 aliphatic heterocycles. The lowest BCUT2D eigenvalue weighted by molar-refractivity contribution is -0.125. The summed E-state index contributed by atoms with van der Waals surface area (Å²) in [6, 6.07) is 13.9. The fourth-order valence-corrected chi connectivity index (χ4v) is 3.38. The third kappa shape index (κ3) is 3.37. The molecular weight excluding hydrogens is 328 g/mol. The number of benzene rings is 1. The maximum absolute atomic E-state index is 12.6. The van der Waals surface area contributed by atoms with Crippen LogP contribution in [0, 0.1) is 12.8 Å². The molecule has 0 bridgehead atoms. The second kappa shape index (κ2) is 7.11. The zero-order valence-corrected chi connectivity index (χ0v) is 14.8. The van der Waals surface area contributed by atoms with Crippen LogP contribution < -0.4 is 10.2 Å². The normalized spacial score (nSPS) is 17.4. The number of piperidine rings is 1. The van der Waals surface area contributed by atoms with Gasteiger partial charge in [-0.25, -0.2) is 0 Å². The summed E-state index contributed by atoms with van der Waals surface area (Å²) in [7, 11) is 0. The standard InChI is InChI=1S/C19H22N6O/c1-14-21-22-17-9-10-18(23-25(14)17)24-11-5-8-16(13-24)19(26)20-12-15-6-3-2-4-7-15/h2-4,6-7,9-10,16H,5,8,11-13H2,1H3,(H,20,26). The number of hydrogen-bond donors (Lipinski definition) is 1. The highest BCUT2D eigenvalue weighted by molar-refractivity contribution is 5.79. The highest BCUT2D eigenvalue weighted by atomic mass is 16.1. The number of carbonyl (C=O) groups excluding carboxylic acids is 1. The highest BCUT2D eigenvalue weighted by Crippen LogP contribution is 2.22. The third-order valence-electron chi connectivity index (χ3n) is 4.83. The quantitative estimate of drug-likeness (QED) is 0.778. The molecule has 3 heterocycles. The molecule has 1 unspecified atom stereocenters. The summed E-state index contributed by atoms with van der Waals surface area (Å²) in [5.74, 6) is 1.71. The van der Waals surface area contributed by atoms with Crippen molar-refractivity contribution >= 4 is 17.4 Å². The van der Waals surface area contributed by atoms with Crippen LogP contribution in [-0.4, -0.2) is 38.8 Å². The second-order valence-corrected chi connectivity index (χ2v) is 6.70. The van der Waals surface area contributed by atoms with Crippen LogP contribution in [0.25, 0.3) is 5.65 Å². The second-order valence-electron chi connectivity index (χ2n) is 6.70. The Hall–Kier alpha value is -2.96. The Bertz CT molecular complexity index is 907. The number of aryl methyl sites for hydroxylation is 1. The molecule has 1 aromatic carbocycles. The molecule has 1 aliphatic rings. The van der Waals surface area contributed by atoms with E-state index in [0.717, 1.165) is 42.2 Å². The Kier molecular flexibility index (Phi) is 4.51. The molecule has 1 fully saturated rings. The van der Waals surface area contributed by atoms with Crippen LogP contribution in [0.5, 0.6) is 0 Å². The minimum atomic E-state index is -0.0213. The fraction of sp³-hybridized carbons (Fsp3) is 0.368. The Morgan fingerprint density at radius 1 is 1.19 bits per heavy atom. The van der Waals surface area contributed by atoms with Gasteiger partial charge in [-0.05, 0) is 37.5 Å². The Labute approximate surface area is 152 Å². The smallest absolute Gasteiger partial charge is 0.225 e. The fourth-order valence-electron chi connectivity index (χ4n) is 3.38. The van der Waals surface area contributed by atoms with E-state index >= 15 is 0 Å². The van der Waals surface area contributed by atoms with Gasteiger partial charge in [0.2, 0.25) is 5.91 Å². The predicted octanol–water partition coefficient (Wildman–Crippen LogP) is 1.97. The molecule has 3 aromatic rings. The number of nitrogens with zero attached hydrogens (tertiary/aromatic N) is 5. The van der Waals surface area contributed by atoms with Gasteiger partial charge in [0, 0.05) is 19.6 Å². The van der Waals surface area contributed by atoms with Crippen LogP contribution >= 0.6 is 0 Å². The zero-order valence-electron chi connectivity index (χ0n) is 14.8. The van der Waals surface area contributed by atoms with Crippen LogP contribution in [0.3, 0.4) is 0 Å². The lowest BCUT2D eigenvalue weighted by Crippen LogP contribution is -2.43. The number of amides is 1. The Balaban J connectivity index is 1.42. The first-order valence-electron chi connectivity index (χ1n) is 8.96. The molecule has 134 valence electrons. The van der Waals surface area contributed by atoms with E-state index in [4.69, 9.17) is 0 Å². The number of hydrogen-bond acceptors (Lipinski definition) is 5. The monoisotopic (exact) mass is 350 g/mol. The molecule has 7 heteroatoms. The van der Waals surface area contributed by atoms with Gasteiger partial charge in [-0.2, -0.15) is 4.52 Å². The molecule has 7 nitrogen and oxygen atoms in total. The summed E-state index contributed by atoms with van der Waals surface area (Å²) >= 11 is 0. The number of rotatable bonds is 4. The van der Waals surface area contributed by atoms with E-state index in [0.29, 0.717) is 13.1 Å². The molecule has 26 heavy (non-hydrogen) atoms. The molecule has 0 radical (unpaired) electrons. The number of anilines is 1. The maximum Gasteiger partial charge on any atom is 0.225 e. The number of aromatic nitrogens is 4. The highest BCUT2D eigenvalue weighted by Gasteiger charge is 2.26. The Morgan fingerprint density at radius 2 is 2.04 bits per heavy atom. The van der Waals surface area contributed by atoms with E-state index in [1.54, 1.807) is 4.52 Å². The first-order chi connectivity index (χ1) is 12.7. The first kappa shape index (κ1) is 16.5. The van der Waals surface area contributed by atoms with Crippen LogP contribution in [0.15, 0.2) is 42.5 Å². The van der Waals surface area contributed by atoms with Gasteiger partial charge in [0.05, 0.1) is 5.92 Å². The average molecular weight is 350 g/mol. The molecule has 4 rings (SSSR count). The van der Waals surface area contributed by atoms with Crippen molar-refractivity contribution in [2.24, 2.45) is 5.92 Å². The summed E-state index contributed by atoms with van der Waals surface area (Å²) in [4.78, 5) is 14.8.